The van der Waals surface area contributed by atoms with E-state index in [2.05, 4.69) is 20.3 Å². The van der Waals surface area contributed by atoms with Crippen LogP contribution in [0.4, 0.5) is 0 Å². The number of allylic oxidation sites excluding steroid dienone is 1. The molecule has 1 aromatic carbocycles. The first-order valence-electron chi connectivity index (χ1n) is 5.57. The summed E-state index contributed by atoms with van der Waals surface area (Å²) in [7, 11) is 0. The molecule has 2 aliphatic heterocycles. The van der Waals surface area contributed by atoms with Gasteiger partial charge in [0.05, 0.1) is 5.57 Å². The molecule has 0 aromatic heterocycles. The van der Waals surface area contributed by atoms with E-state index in [1.807, 2.05) is 6.07 Å². The fourth-order valence-electron chi connectivity index (χ4n) is 1.68. The molecule has 19 heavy (non-hydrogen) atoms. The van der Waals surface area contributed by atoms with Crippen molar-refractivity contribution in [3.05, 3.63) is 47.5 Å². The Morgan fingerprint density at radius 3 is 2.68 bits per heavy atom. The van der Waals surface area contributed by atoms with E-state index in [1.165, 1.54) is 6.21 Å². The molecule has 1 N–H and O–H groups in total. The minimum atomic E-state index is -0.453. The van der Waals surface area contributed by atoms with Crippen molar-refractivity contribution < 1.29 is 9.59 Å². The van der Waals surface area contributed by atoms with Crippen LogP contribution < -0.4 is 5.32 Å². The number of rotatable bonds is 1. The van der Waals surface area contributed by atoms with Gasteiger partial charge in [-0.25, -0.2) is 4.99 Å². The maximum absolute atomic E-state index is 11.9. The van der Waals surface area contributed by atoms with E-state index in [0.717, 1.165) is 0 Å². The number of guanidine groups is 1. The van der Waals surface area contributed by atoms with Crippen molar-refractivity contribution in [3.8, 4) is 0 Å². The highest BCUT2D eigenvalue weighted by molar-refractivity contribution is 6.33. The van der Waals surface area contributed by atoms with Crippen LogP contribution in [0.1, 0.15) is 10.4 Å². The molecule has 0 unspecified atom stereocenters. The molecule has 92 valence electrons. The Morgan fingerprint density at radius 1 is 1.11 bits per heavy atom. The van der Waals surface area contributed by atoms with Gasteiger partial charge in [-0.15, -0.1) is 0 Å². The Kier molecular flexibility index (Phi) is 2.60. The van der Waals surface area contributed by atoms with Crippen molar-refractivity contribution in [2.24, 2.45) is 15.0 Å². The van der Waals surface area contributed by atoms with E-state index in [0.29, 0.717) is 11.1 Å². The van der Waals surface area contributed by atoms with E-state index in [-0.39, 0.29) is 17.7 Å². The molecule has 1 aromatic rings. The highest BCUT2D eigenvalue weighted by Crippen LogP contribution is 2.12. The van der Waals surface area contributed by atoms with Gasteiger partial charge in [-0.3, -0.25) is 14.9 Å². The smallest absolute Gasteiger partial charge is 0.284 e. The molecular formula is C13H8N4O2. The summed E-state index contributed by atoms with van der Waals surface area (Å²) in [5, 5.41) is 2.48. The average molecular weight is 252 g/mol. The number of fused-ring (bicyclic) bond motifs is 1. The Hall–Kier alpha value is -2.89. The lowest BCUT2D eigenvalue weighted by molar-refractivity contribution is -0.113. The Labute approximate surface area is 108 Å². The molecule has 2 amide bonds. The van der Waals surface area contributed by atoms with Crippen LogP contribution in [0.3, 0.4) is 0 Å². The van der Waals surface area contributed by atoms with E-state index in [9.17, 15) is 9.59 Å². The van der Waals surface area contributed by atoms with E-state index in [4.69, 9.17) is 0 Å². The minimum Gasteiger partial charge on any atom is -0.290 e. The quantitative estimate of drug-likeness (QED) is 0.798. The molecule has 0 aliphatic carbocycles. The van der Waals surface area contributed by atoms with Crippen molar-refractivity contribution in [2.75, 3.05) is 0 Å². The second-order valence-corrected chi connectivity index (χ2v) is 3.85. The lowest BCUT2D eigenvalue weighted by Gasteiger charge is -2.09. The highest BCUT2D eigenvalue weighted by Gasteiger charge is 2.24. The molecular weight excluding hydrogens is 244 g/mol. The summed E-state index contributed by atoms with van der Waals surface area (Å²) >= 11 is 0. The van der Waals surface area contributed by atoms with Crippen molar-refractivity contribution in [2.45, 2.75) is 0 Å². The largest absolute Gasteiger partial charge is 0.290 e. The fraction of sp³-hybridized carbons (Fsp3) is 0. The summed E-state index contributed by atoms with van der Waals surface area (Å²) in [6.07, 6.45) is 3.02. The van der Waals surface area contributed by atoms with Crippen molar-refractivity contribution in [1.82, 2.24) is 5.32 Å². The number of nitrogens with one attached hydrogen (secondary N) is 1. The van der Waals surface area contributed by atoms with Crippen molar-refractivity contribution in [3.63, 3.8) is 0 Å². The molecule has 0 saturated heterocycles. The first kappa shape index (κ1) is 11.2. The summed E-state index contributed by atoms with van der Waals surface area (Å²) in [4.78, 5) is 35.1. The number of aliphatic imine (C=N–C) groups is 3. The summed E-state index contributed by atoms with van der Waals surface area (Å²) < 4.78 is 0. The molecule has 0 atom stereocenters. The molecule has 3 rings (SSSR count). The average Bonchev–Trinajstić information content (AvgIpc) is 2.88. The van der Waals surface area contributed by atoms with Gasteiger partial charge in [0.1, 0.15) is 0 Å². The van der Waals surface area contributed by atoms with Gasteiger partial charge in [0.25, 0.3) is 11.8 Å². The maximum Gasteiger partial charge on any atom is 0.284 e. The maximum atomic E-state index is 11.9. The van der Waals surface area contributed by atoms with Crippen LogP contribution in [0.2, 0.25) is 0 Å². The zero-order chi connectivity index (χ0) is 13.2. The normalized spacial score (nSPS) is 16.4. The number of hydrogen-bond acceptors (Lipinski definition) is 4. The topological polar surface area (TPSA) is 83.2 Å². The SMILES string of the molecule is O=C1N=C(NC(=O)c2ccccc2)N=C2N=CC=C12. The van der Waals surface area contributed by atoms with Gasteiger partial charge in [-0.05, 0) is 18.2 Å². The van der Waals surface area contributed by atoms with Crippen LogP contribution in [0.15, 0.2) is 57.0 Å². The number of amidine groups is 1. The predicted molar refractivity (Wildman–Crippen MR) is 70.4 cm³/mol. The lowest BCUT2D eigenvalue weighted by Crippen LogP contribution is -2.33. The molecule has 0 saturated carbocycles. The number of hydrogen-bond donors (Lipinski definition) is 1. The van der Waals surface area contributed by atoms with Gasteiger partial charge < -0.3 is 0 Å². The van der Waals surface area contributed by atoms with E-state index in [1.54, 1.807) is 30.3 Å². The lowest BCUT2D eigenvalue weighted by atomic mass is 10.2. The minimum absolute atomic E-state index is 0.0370. The third kappa shape index (κ3) is 2.11. The number of carbonyl (C=O) groups excluding carboxylic acids is 2. The second kappa shape index (κ2) is 4.41. The van der Waals surface area contributed by atoms with Gasteiger partial charge in [-0.1, -0.05) is 18.2 Å². The van der Waals surface area contributed by atoms with Gasteiger partial charge in [0.15, 0.2) is 5.84 Å². The van der Waals surface area contributed by atoms with Gasteiger partial charge in [-0.2, -0.15) is 9.98 Å². The molecule has 0 radical (unpaired) electrons. The van der Waals surface area contributed by atoms with Crippen LogP contribution in [0.25, 0.3) is 0 Å². The monoisotopic (exact) mass is 252 g/mol. The van der Waals surface area contributed by atoms with Crippen LogP contribution in [0.5, 0.6) is 0 Å². The molecule has 6 nitrogen and oxygen atoms in total. The van der Waals surface area contributed by atoms with Crippen LogP contribution in [0, 0.1) is 0 Å². The number of nitrogens with zero attached hydrogens (tertiary/aromatic N) is 3. The first-order chi connectivity index (χ1) is 9.24. The zero-order valence-electron chi connectivity index (χ0n) is 9.70. The second-order valence-electron chi connectivity index (χ2n) is 3.85. The van der Waals surface area contributed by atoms with Crippen LogP contribution >= 0.6 is 0 Å². The van der Waals surface area contributed by atoms with Crippen LogP contribution in [-0.4, -0.2) is 29.8 Å². The Balaban J connectivity index is 1.82. The summed E-state index contributed by atoms with van der Waals surface area (Å²) in [5.74, 6) is -0.579. The van der Waals surface area contributed by atoms with Crippen molar-refractivity contribution >= 4 is 29.8 Å². The molecule has 0 spiro atoms. The predicted octanol–water partition coefficient (Wildman–Crippen LogP) is 0.722. The van der Waals surface area contributed by atoms with E-state index >= 15 is 0 Å². The standard InChI is InChI=1S/C13H8N4O2/c18-11(8-4-2-1-3-5-8)16-13-15-10-9(6-7-14-10)12(19)17-13/h1-7H,(H,16,17,18,19). The number of carbonyl (C=O) groups is 2. The molecule has 2 aliphatic rings. The Bertz CT molecular complexity index is 684. The summed E-state index contributed by atoms with van der Waals surface area (Å²) in [6, 6.07) is 8.62. The number of benzene rings is 1. The van der Waals surface area contributed by atoms with Crippen LogP contribution in [-0.2, 0) is 4.79 Å². The molecule has 0 fully saturated rings. The van der Waals surface area contributed by atoms with Gasteiger partial charge in [0.2, 0.25) is 5.96 Å². The van der Waals surface area contributed by atoms with Crippen molar-refractivity contribution in [1.29, 1.82) is 0 Å². The number of amides is 2. The molecule has 2 heterocycles. The highest BCUT2D eigenvalue weighted by atomic mass is 16.2. The third-order valence-corrected chi connectivity index (χ3v) is 2.59. The zero-order valence-corrected chi connectivity index (χ0v) is 9.70. The molecule has 0 bridgehead atoms. The third-order valence-electron chi connectivity index (χ3n) is 2.59. The summed E-state index contributed by atoms with van der Waals surface area (Å²) in [6.45, 7) is 0. The fourth-order valence-corrected chi connectivity index (χ4v) is 1.68. The van der Waals surface area contributed by atoms with E-state index < -0.39 is 5.91 Å². The summed E-state index contributed by atoms with van der Waals surface area (Å²) in [5.41, 5.74) is 0.812. The van der Waals surface area contributed by atoms with Gasteiger partial charge >= 0.3 is 0 Å². The first-order valence-corrected chi connectivity index (χ1v) is 5.57. The Morgan fingerprint density at radius 2 is 1.89 bits per heavy atom. The van der Waals surface area contributed by atoms with Gasteiger partial charge in [0, 0.05) is 11.8 Å². The molecule has 6 heteroatoms.